The van der Waals surface area contributed by atoms with Crippen LogP contribution in [0.3, 0.4) is 0 Å². The Bertz CT molecular complexity index is 1330. The summed E-state index contributed by atoms with van der Waals surface area (Å²) in [5.41, 5.74) is 0.674. The van der Waals surface area contributed by atoms with Crippen LogP contribution < -0.4 is 18.9 Å². The van der Waals surface area contributed by atoms with Crippen molar-refractivity contribution in [2.75, 3.05) is 12.5 Å². The van der Waals surface area contributed by atoms with E-state index in [2.05, 4.69) is 6.58 Å². The summed E-state index contributed by atoms with van der Waals surface area (Å²) < 4.78 is 51.0. The summed E-state index contributed by atoms with van der Waals surface area (Å²) in [5, 5.41) is 10.6. The monoisotopic (exact) mass is 514 g/mol. The summed E-state index contributed by atoms with van der Waals surface area (Å²) in [4.78, 5) is 10.6. The minimum atomic E-state index is -4.30. The molecule has 0 fully saturated rings. The molecule has 0 bridgehead atoms. The minimum Gasteiger partial charge on any atom is -0.491 e. The quantitative estimate of drug-likeness (QED) is 0.438. The molecule has 0 spiro atoms. The molecule has 0 saturated carbocycles. The van der Waals surface area contributed by atoms with Crippen LogP contribution in [-0.4, -0.2) is 38.1 Å². The molecule has 0 aromatic heterocycles. The fourth-order valence-corrected chi connectivity index (χ4v) is 6.35. The number of carboxylic acid groups (broad SMARTS) is 1. The van der Waals surface area contributed by atoms with Gasteiger partial charge in [0.2, 0.25) is 16.6 Å². The highest BCUT2D eigenvalue weighted by molar-refractivity contribution is 7.92. The molecule has 0 amide bonds. The molecule has 1 N–H and O–H groups in total. The van der Waals surface area contributed by atoms with Gasteiger partial charge in [0.05, 0.1) is 11.9 Å². The second-order valence-electron chi connectivity index (χ2n) is 8.94. The van der Waals surface area contributed by atoms with E-state index in [1.54, 1.807) is 24.3 Å². The molecule has 9 heteroatoms. The number of carboxylic acids is 1. The normalized spacial score (nSPS) is 18.6. The molecule has 36 heavy (non-hydrogen) atoms. The number of allylic oxidation sites excluding steroid dienone is 1. The SMILES string of the molecule is C=CCS(=O)(=O)C1(c2ccc3c(c2)OCO3)Oc2ccc(OC(C)C)cc2C(CCCC)=C1C(=O)O. The zero-order valence-electron chi connectivity index (χ0n) is 20.6. The minimum absolute atomic E-state index is 0.0170. The number of carbonyl (C=O) groups is 1. The van der Waals surface area contributed by atoms with E-state index in [1.165, 1.54) is 18.2 Å². The fraction of sp³-hybridized carbons (Fsp3) is 0.370. The highest BCUT2D eigenvalue weighted by atomic mass is 32.2. The first-order valence-corrected chi connectivity index (χ1v) is 13.5. The van der Waals surface area contributed by atoms with Crippen molar-refractivity contribution < 1.29 is 37.3 Å². The number of aliphatic carboxylic acids is 1. The molecule has 8 nitrogen and oxygen atoms in total. The first kappa shape index (κ1) is 25.6. The summed E-state index contributed by atoms with van der Waals surface area (Å²) in [7, 11) is -4.30. The van der Waals surface area contributed by atoms with Gasteiger partial charge in [0, 0.05) is 11.1 Å². The van der Waals surface area contributed by atoms with E-state index in [-0.39, 0.29) is 29.8 Å². The van der Waals surface area contributed by atoms with Crippen LogP contribution in [0.4, 0.5) is 0 Å². The summed E-state index contributed by atoms with van der Waals surface area (Å²) in [6, 6.07) is 9.58. The van der Waals surface area contributed by atoms with Crippen molar-refractivity contribution in [2.45, 2.75) is 51.1 Å². The summed E-state index contributed by atoms with van der Waals surface area (Å²) in [6.45, 7) is 9.33. The average Bonchev–Trinajstić information content (AvgIpc) is 3.29. The van der Waals surface area contributed by atoms with E-state index in [1.807, 2.05) is 20.8 Å². The van der Waals surface area contributed by atoms with Crippen molar-refractivity contribution in [3.63, 3.8) is 0 Å². The Kier molecular flexibility index (Phi) is 7.04. The van der Waals surface area contributed by atoms with Gasteiger partial charge in [0.25, 0.3) is 4.93 Å². The van der Waals surface area contributed by atoms with Crippen molar-refractivity contribution in [1.82, 2.24) is 0 Å². The lowest BCUT2D eigenvalue weighted by Gasteiger charge is -2.40. The smallest absolute Gasteiger partial charge is 0.337 e. The van der Waals surface area contributed by atoms with Crippen LogP contribution in [0.5, 0.6) is 23.0 Å². The highest BCUT2D eigenvalue weighted by Crippen LogP contribution is 2.52. The zero-order chi connectivity index (χ0) is 26.1. The Balaban J connectivity index is 2.08. The van der Waals surface area contributed by atoms with E-state index in [4.69, 9.17) is 18.9 Å². The van der Waals surface area contributed by atoms with Gasteiger partial charge in [0.1, 0.15) is 17.1 Å². The number of hydrogen-bond acceptors (Lipinski definition) is 7. The third kappa shape index (κ3) is 4.32. The lowest BCUT2D eigenvalue weighted by Crippen LogP contribution is -2.49. The van der Waals surface area contributed by atoms with E-state index < -0.39 is 26.5 Å². The van der Waals surface area contributed by atoms with Crippen molar-refractivity contribution in [1.29, 1.82) is 0 Å². The Morgan fingerprint density at radius 3 is 2.56 bits per heavy atom. The molecule has 2 aliphatic heterocycles. The van der Waals surface area contributed by atoms with E-state index in [0.717, 1.165) is 6.42 Å². The fourth-order valence-electron chi connectivity index (χ4n) is 4.58. The maximum atomic E-state index is 14.0. The van der Waals surface area contributed by atoms with Crippen molar-refractivity contribution in [2.24, 2.45) is 0 Å². The molecule has 0 aliphatic carbocycles. The van der Waals surface area contributed by atoms with Crippen LogP contribution >= 0.6 is 0 Å². The summed E-state index contributed by atoms with van der Waals surface area (Å²) in [6.07, 6.45) is 2.91. The second-order valence-corrected chi connectivity index (χ2v) is 11.1. The topological polar surface area (TPSA) is 108 Å². The average molecular weight is 515 g/mol. The van der Waals surface area contributed by atoms with Gasteiger partial charge < -0.3 is 24.1 Å². The Morgan fingerprint density at radius 2 is 1.89 bits per heavy atom. The van der Waals surface area contributed by atoms with Gasteiger partial charge in [-0.15, -0.1) is 6.58 Å². The Morgan fingerprint density at radius 1 is 1.17 bits per heavy atom. The van der Waals surface area contributed by atoms with Crippen LogP contribution in [-0.2, 0) is 19.6 Å². The molecule has 0 radical (unpaired) electrons. The summed E-state index contributed by atoms with van der Waals surface area (Å²) in [5.74, 6) is -0.330. The van der Waals surface area contributed by atoms with Gasteiger partial charge in [-0.05, 0) is 68.7 Å². The maximum Gasteiger partial charge on any atom is 0.337 e. The number of hydrogen-bond donors (Lipinski definition) is 1. The van der Waals surface area contributed by atoms with Gasteiger partial charge >= 0.3 is 5.97 Å². The number of unbranched alkanes of at least 4 members (excludes halogenated alkanes) is 1. The molecule has 2 aromatic carbocycles. The molecule has 2 heterocycles. The lowest BCUT2D eigenvalue weighted by atomic mass is 9.86. The zero-order valence-corrected chi connectivity index (χ0v) is 21.4. The van der Waals surface area contributed by atoms with E-state index >= 15 is 0 Å². The number of sulfone groups is 1. The molecule has 0 saturated heterocycles. The molecule has 4 rings (SSSR count). The summed E-state index contributed by atoms with van der Waals surface area (Å²) >= 11 is 0. The van der Waals surface area contributed by atoms with Crippen LogP contribution in [0.15, 0.2) is 54.6 Å². The third-order valence-electron chi connectivity index (χ3n) is 6.05. The maximum absolute atomic E-state index is 14.0. The van der Waals surface area contributed by atoms with Gasteiger partial charge in [-0.3, -0.25) is 0 Å². The first-order valence-electron chi connectivity index (χ1n) is 11.8. The molecular weight excluding hydrogens is 484 g/mol. The molecule has 1 unspecified atom stereocenters. The van der Waals surface area contributed by atoms with Gasteiger partial charge in [0.15, 0.2) is 11.5 Å². The predicted molar refractivity (Wildman–Crippen MR) is 135 cm³/mol. The lowest BCUT2D eigenvalue weighted by molar-refractivity contribution is -0.134. The van der Waals surface area contributed by atoms with Gasteiger partial charge in [-0.2, -0.15) is 0 Å². The molecular formula is C27H30O8S. The van der Waals surface area contributed by atoms with Crippen molar-refractivity contribution in [3.05, 3.63) is 65.8 Å². The standard InChI is InChI=1S/C27H30O8S/c1-5-7-8-20-21-15-19(34-17(3)4)10-12-22(21)35-27(25(20)26(28)29,36(30,31)13-6-2)18-9-11-23-24(14-18)33-16-32-23/h6,9-12,14-15,17H,2,5,7-8,13,16H2,1,3-4H3,(H,28,29). The number of rotatable bonds is 10. The second kappa shape index (κ2) is 9.89. The van der Waals surface area contributed by atoms with Gasteiger partial charge in [-0.1, -0.05) is 19.4 Å². The third-order valence-corrected chi connectivity index (χ3v) is 8.13. The molecule has 2 aromatic rings. The van der Waals surface area contributed by atoms with Crippen LogP contribution in [0.25, 0.3) is 5.57 Å². The first-order chi connectivity index (χ1) is 17.1. The largest absolute Gasteiger partial charge is 0.491 e. The Hall–Kier alpha value is -3.46. The van der Waals surface area contributed by atoms with Crippen LogP contribution in [0.1, 0.15) is 51.2 Å². The molecule has 192 valence electrons. The van der Waals surface area contributed by atoms with E-state index in [0.29, 0.717) is 41.2 Å². The van der Waals surface area contributed by atoms with Crippen molar-refractivity contribution >= 4 is 21.4 Å². The van der Waals surface area contributed by atoms with Crippen LogP contribution in [0, 0.1) is 0 Å². The number of fused-ring (bicyclic) bond motifs is 2. The highest BCUT2D eigenvalue weighted by Gasteiger charge is 2.57. The number of benzene rings is 2. The molecule has 2 aliphatic rings. The predicted octanol–water partition coefficient (Wildman–Crippen LogP) is 5.08. The Labute approximate surface area is 211 Å². The van der Waals surface area contributed by atoms with Crippen LogP contribution in [0.2, 0.25) is 0 Å². The molecule has 1 atom stereocenters. The van der Waals surface area contributed by atoms with E-state index in [9.17, 15) is 18.3 Å². The van der Waals surface area contributed by atoms with Crippen molar-refractivity contribution in [3.8, 4) is 23.0 Å². The van der Waals surface area contributed by atoms with Gasteiger partial charge in [-0.25, -0.2) is 13.2 Å². The number of ether oxygens (including phenoxy) is 4.